The van der Waals surface area contributed by atoms with Gasteiger partial charge < -0.3 is 73.6 Å². The summed E-state index contributed by atoms with van der Waals surface area (Å²) < 4.78 is 35.8. The fraction of sp³-hybridized carbons (Fsp3) is 0.625. The number of likely N-dealkylation sites (N-methyl/N-ethyl adjacent to an activating group) is 4. The summed E-state index contributed by atoms with van der Waals surface area (Å²) in [5.41, 5.74) is 1.20. The number of anilines is 2. The molecular formula is C80H116Cl2N8O19S4. The van der Waals surface area contributed by atoms with Crippen LogP contribution in [0.2, 0.25) is 10.0 Å². The summed E-state index contributed by atoms with van der Waals surface area (Å²) in [7, 11) is 15.8. The molecule has 2 aromatic rings. The largest absolute Gasteiger partial charge is 0.480 e. The Kier molecular flexibility index (Phi) is 34.6. The van der Waals surface area contributed by atoms with E-state index in [1.807, 2.05) is 129 Å². The minimum Gasteiger partial charge on any atom is -0.480 e. The number of aliphatic hydroxyl groups is 2. The van der Waals surface area contributed by atoms with Gasteiger partial charge >= 0.3 is 30.1 Å². The predicted octanol–water partition coefficient (Wildman–Crippen LogP) is 11.2. The Morgan fingerprint density at radius 2 is 1.00 bits per heavy atom. The van der Waals surface area contributed by atoms with Crippen molar-refractivity contribution < 1.29 is 91.7 Å². The Hall–Kier alpha value is -6.52. The van der Waals surface area contributed by atoms with Gasteiger partial charge in [-0.15, -0.1) is 0 Å². The van der Waals surface area contributed by atoms with Crippen LogP contribution in [0, 0.1) is 37.5 Å². The number of allylic oxidation sites excluding steroid dienone is 6. The van der Waals surface area contributed by atoms with Crippen molar-refractivity contribution in [1.29, 1.82) is 0 Å². The van der Waals surface area contributed by atoms with Gasteiger partial charge in [0.25, 0.3) is 0 Å². The first-order valence-electron chi connectivity index (χ1n) is 37.7. The van der Waals surface area contributed by atoms with Crippen molar-refractivity contribution in [2.24, 2.45) is 23.7 Å². The van der Waals surface area contributed by atoms with Crippen LogP contribution in [0.3, 0.4) is 0 Å². The molecule has 2 aromatic carbocycles. The Labute approximate surface area is 691 Å². The van der Waals surface area contributed by atoms with Crippen molar-refractivity contribution in [2.45, 2.75) is 232 Å². The molecule has 33 heteroatoms. The maximum Gasteiger partial charge on any atom is 0.409 e. The Morgan fingerprint density at radius 3 is 1.37 bits per heavy atom. The van der Waals surface area contributed by atoms with Crippen LogP contribution in [0.4, 0.5) is 21.0 Å². The van der Waals surface area contributed by atoms with Crippen molar-refractivity contribution in [3.05, 3.63) is 104 Å². The summed E-state index contributed by atoms with van der Waals surface area (Å²) in [4.78, 5) is 135. The second-order valence-electron chi connectivity index (χ2n) is 30.8. The van der Waals surface area contributed by atoms with Gasteiger partial charge in [0.2, 0.25) is 29.5 Å². The molecule has 4 fully saturated rings. The monoisotopic (exact) mass is 1690 g/mol. The van der Waals surface area contributed by atoms with E-state index in [1.54, 1.807) is 99.1 Å². The van der Waals surface area contributed by atoms with Crippen molar-refractivity contribution >= 4 is 137 Å². The number of carbonyl (C=O) groups excluding carboxylic acids is 9. The van der Waals surface area contributed by atoms with Gasteiger partial charge in [0, 0.05) is 96.1 Å². The van der Waals surface area contributed by atoms with Gasteiger partial charge in [-0.05, 0) is 136 Å². The van der Waals surface area contributed by atoms with Crippen LogP contribution in [-0.2, 0) is 79.6 Å². The molecule has 4 saturated heterocycles. The zero-order valence-electron chi connectivity index (χ0n) is 68.9. The number of epoxide rings is 2. The van der Waals surface area contributed by atoms with Crippen LogP contribution < -0.4 is 25.8 Å². The zero-order chi connectivity index (χ0) is 84.9. The molecule has 113 heavy (non-hydrogen) atoms. The van der Waals surface area contributed by atoms with E-state index in [4.69, 9.17) is 56.7 Å². The number of esters is 2. The maximum absolute atomic E-state index is 14.2. The third-order valence-electron chi connectivity index (χ3n) is 22.4. The summed E-state index contributed by atoms with van der Waals surface area (Å²) in [5, 5.41) is 40.8. The lowest BCUT2D eigenvalue weighted by molar-refractivity contribution is -0.163. The zero-order valence-corrected chi connectivity index (χ0v) is 73.7. The van der Waals surface area contributed by atoms with Crippen LogP contribution in [0.5, 0.6) is 0 Å². The van der Waals surface area contributed by atoms with Crippen LogP contribution in [0.15, 0.2) is 71.9 Å². The number of carbonyl (C=O) groups is 10. The SMILES string of the molecule is CNC(C)C(=O)OC1CC(=O)N(C)c2cc(cc(C)c2Cl)C/C(C)=C/C=C/C(C)C2(O)CC(OC(=O)N2)C(C)C2OC12C.CSSCCC(=O)N(C)C(C)C(=O)N(C)C(C)C(=O)OC1CC(=O)N(C)c2cc(cc(C)c2Cl)C/C(C)=C/C=C/C(C)C2(O)CC(OC(=O)N2)C(C)C2OC12C.CSSCCC(=O)N(C)C(C)C(=O)O. The second-order valence-corrected chi connectivity index (χ2v) is 36.9. The number of aliphatic carboxylic acids is 1. The number of hydrogen-bond acceptors (Lipinski definition) is 23. The number of carboxylic acid groups (broad SMARTS) is 1. The molecular weight excluding hydrogens is 1580 g/mol. The molecule has 27 nitrogen and oxygen atoms in total. The number of amides is 7. The number of fused-ring (bicyclic) bond motifs is 10. The van der Waals surface area contributed by atoms with Gasteiger partial charge in [-0.25, -0.2) is 19.2 Å². The topological polar surface area (TPSA) is 346 Å². The van der Waals surface area contributed by atoms with Crippen LogP contribution in [-0.4, -0.2) is 239 Å². The highest BCUT2D eigenvalue weighted by Crippen LogP contribution is 2.51. The molecule has 18 unspecified atom stereocenters. The third kappa shape index (κ3) is 24.3. The minimum atomic E-state index is -1.62. The van der Waals surface area contributed by atoms with Crippen molar-refractivity contribution in [1.82, 2.24) is 30.7 Å². The number of ether oxygens (including phenoxy) is 6. The maximum atomic E-state index is 14.2. The molecule has 0 radical (unpaired) electrons. The molecule has 6 aliphatic heterocycles. The molecule has 0 aromatic heterocycles. The number of benzene rings is 2. The van der Waals surface area contributed by atoms with Crippen molar-refractivity contribution in [3.63, 3.8) is 0 Å². The van der Waals surface area contributed by atoms with E-state index < -0.39 is 143 Å². The fourth-order valence-electron chi connectivity index (χ4n) is 13.9. The number of halogens is 2. The first-order chi connectivity index (χ1) is 52.7. The van der Waals surface area contributed by atoms with Crippen LogP contribution in [0.1, 0.15) is 144 Å². The summed E-state index contributed by atoms with van der Waals surface area (Å²) in [6.07, 6.45) is 10.5. The lowest BCUT2D eigenvalue weighted by atomic mass is 9.82. The number of aryl methyl sites for hydroxylation is 2. The number of alkyl carbamates (subject to hydrolysis) is 2. The van der Waals surface area contributed by atoms with Gasteiger partial charge in [-0.3, -0.25) is 39.4 Å². The van der Waals surface area contributed by atoms with Crippen LogP contribution >= 0.6 is 66.4 Å². The predicted molar refractivity (Wildman–Crippen MR) is 445 cm³/mol. The van der Waals surface area contributed by atoms with Crippen molar-refractivity contribution in [3.8, 4) is 0 Å². The molecule has 18 atom stereocenters. The van der Waals surface area contributed by atoms with E-state index in [9.17, 15) is 58.2 Å². The first-order valence-corrected chi connectivity index (χ1v) is 43.9. The summed E-state index contributed by atoms with van der Waals surface area (Å²) in [6.45, 7) is 24.9. The van der Waals surface area contributed by atoms with Gasteiger partial charge in [0.1, 0.15) is 71.2 Å². The highest BCUT2D eigenvalue weighted by atomic mass is 35.5. The lowest BCUT2D eigenvalue weighted by Crippen LogP contribution is -2.60. The summed E-state index contributed by atoms with van der Waals surface area (Å²) in [6, 6.07) is 4.41. The normalized spacial score (nSPS) is 30.4. The number of nitrogens with one attached hydrogen (secondary N) is 3. The molecule has 8 rings (SSSR count). The highest BCUT2D eigenvalue weighted by Gasteiger charge is 2.66. The second kappa shape index (κ2) is 41.0. The number of hydrogen-bond donors (Lipinski definition) is 6. The molecule has 7 amide bonds. The molecule has 0 saturated carbocycles. The standard InChI is InChI=1S/C40H57ClN4O9S2.C32H44ClN3O7.C8H15NO3S2/c1-22-13-12-14-24(3)40(51)21-30(52-38(50)42-40)25(4)35-39(7,54-35)31(20-33(47)45(10)29-19-28(17-22)18-23(2)34(29)41)53-37(49)27(6)44(9)36(48)26(5)43(8)32(46)15-16-56-55-11;1-17-10-9-11-19(3)32(40)16-24(41-30(39)35-32)20(4)28-31(6,43-28)25(42-29(38)21(5)34-7)15-26(37)36(8)23-14-22(12-17)13-18(2)27(23)33;1-6(8(11)12)9(2)7(10)4-5-14-13-3/h12-14,18-19,24-27,30-31,35,51H,15-17,20-21H2,1-11H3,(H,42,50);9-11,13-14,19-21,24-25,28,34,40H,12,15-16H2,1-8H3,(H,35,39);6H,4-5H2,1-3H3,(H,11,12)/b14-12+,22-13+;11-9+,17-10+;. The van der Waals surface area contributed by atoms with E-state index in [2.05, 4.69) is 16.0 Å². The minimum absolute atomic E-state index is 0.0509. The summed E-state index contributed by atoms with van der Waals surface area (Å²) in [5.74, 6) is -4.23. The van der Waals surface area contributed by atoms with E-state index in [0.29, 0.717) is 46.4 Å². The first kappa shape index (κ1) is 95.3. The van der Waals surface area contributed by atoms with E-state index >= 15 is 0 Å². The fourth-order valence-corrected chi connectivity index (χ4v) is 16.7. The van der Waals surface area contributed by atoms with E-state index in [-0.39, 0.29) is 55.7 Å². The summed E-state index contributed by atoms with van der Waals surface area (Å²) >= 11 is 13.5. The number of carboxylic acids is 1. The van der Waals surface area contributed by atoms with E-state index in [1.165, 1.54) is 52.4 Å². The number of rotatable bonds is 18. The average Bonchev–Trinajstić information content (AvgIpc) is 1.58. The Bertz CT molecular complexity index is 3950. The Balaban J connectivity index is 0.000000307. The smallest absolute Gasteiger partial charge is 0.409 e. The molecule has 8 bridgehead atoms. The quantitative estimate of drug-likeness (QED) is 0.0265. The molecule has 6 aliphatic rings. The van der Waals surface area contributed by atoms with Gasteiger partial charge in [-0.1, -0.05) is 154 Å². The molecule has 628 valence electrons. The van der Waals surface area contributed by atoms with Crippen LogP contribution in [0.25, 0.3) is 0 Å². The highest BCUT2D eigenvalue weighted by molar-refractivity contribution is 8.76. The van der Waals surface area contributed by atoms with Crippen molar-refractivity contribution in [2.75, 3.05) is 76.1 Å². The molecule has 0 aliphatic carbocycles. The lowest BCUT2D eigenvalue weighted by Gasteiger charge is -2.41. The average molecular weight is 1690 g/mol. The Morgan fingerprint density at radius 1 is 0.619 bits per heavy atom. The van der Waals surface area contributed by atoms with Gasteiger partial charge in [0.15, 0.2) is 0 Å². The molecule has 6 heterocycles. The van der Waals surface area contributed by atoms with E-state index in [0.717, 1.165) is 39.2 Å². The molecule has 6 N–H and O–H groups in total. The number of nitrogens with zero attached hydrogens (tertiary/aromatic N) is 5. The third-order valence-corrected chi connectivity index (χ3v) is 27.1. The van der Waals surface area contributed by atoms with Gasteiger partial charge in [-0.2, -0.15) is 0 Å². The molecule has 0 spiro atoms. The van der Waals surface area contributed by atoms with Gasteiger partial charge in [0.05, 0.1) is 46.5 Å².